The number of carbonyl (C=O) groups excluding carboxylic acids is 1. The van der Waals surface area contributed by atoms with E-state index >= 15 is 0 Å². The van der Waals surface area contributed by atoms with Gasteiger partial charge in [0, 0.05) is 0 Å². The average molecular weight is 348 g/mol. The number of carbonyl (C=O) groups is 1. The molecule has 0 radical (unpaired) electrons. The van der Waals surface area contributed by atoms with Gasteiger partial charge in [-0.05, 0) is 24.3 Å². The Kier molecular flexibility index (Phi) is 4.64. The zero-order chi connectivity index (χ0) is 17.8. The Bertz CT molecular complexity index is 883. The highest BCUT2D eigenvalue weighted by Crippen LogP contribution is 2.20. The van der Waals surface area contributed by atoms with Crippen molar-refractivity contribution in [2.75, 3.05) is 10.6 Å². The van der Waals surface area contributed by atoms with Crippen molar-refractivity contribution in [2.24, 2.45) is 0 Å². The predicted molar refractivity (Wildman–Crippen MR) is 82.3 cm³/mol. The SMILES string of the molecule is O=C(Nc1ccc(F)c(F)c1F)c1cnc(NCc2ccco2)cn1. The first-order chi connectivity index (χ1) is 12.0. The summed E-state index contributed by atoms with van der Waals surface area (Å²) in [5.74, 6) is -4.22. The Balaban J connectivity index is 1.65. The first kappa shape index (κ1) is 16.5. The Labute approximate surface area is 139 Å². The highest BCUT2D eigenvalue weighted by Gasteiger charge is 2.16. The summed E-state index contributed by atoms with van der Waals surface area (Å²) in [6, 6.07) is 5.14. The molecule has 1 amide bonds. The summed E-state index contributed by atoms with van der Waals surface area (Å²) in [6.07, 6.45) is 4.00. The van der Waals surface area contributed by atoms with E-state index in [4.69, 9.17) is 4.42 Å². The molecule has 2 N–H and O–H groups in total. The van der Waals surface area contributed by atoms with Gasteiger partial charge >= 0.3 is 0 Å². The molecule has 0 bridgehead atoms. The van der Waals surface area contributed by atoms with Crippen molar-refractivity contribution in [3.63, 3.8) is 0 Å². The van der Waals surface area contributed by atoms with Gasteiger partial charge in [0.25, 0.3) is 5.91 Å². The van der Waals surface area contributed by atoms with Crippen molar-refractivity contribution >= 4 is 17.4 Å². The van der Waals surface area contributed by atoms with E-state index in [1.54, 1.807) is 12.1 Å². The van der Waals surface area contributed by atoms with Gasteiger partial charge < -0.3 is 15.1 Å². The lowest BCUT2D eigenvalue weighted by Crippen LogP contribution is -2.16. The van der Waals surface area contributed by atoms with Crippen LogP contribution in [0.25, 0.3) is 0 Å². The van der Waals surface area contributed by atoms with Gasteiger partial charge in [0.1, 0.15) is 17.3 Å². The molecule has 9 heteroatoms. The van der Waals surface area contributed by atoms with Crippen LogP contribution in [0.5, 0.6) is 0 Å². The first-order valence-corrected chi connectivity index (χ1v) is 7.07. The number of furan rings is 1. The molecule has 0 atom stereocenters. The molecular weight excluding hydrogens is 337 g/mol. The molecule has 0 aliphatic carbocycles. The standard InChI is InChI=1S/C16H11F3N4O2/c17-10-3-4-11(15(19)14(10)18)23-16(24)12-7-22-13(8-20-12)21-6-9-2-1-5-25-9/h1-5,7-8H,6H2,(H,21,22)(H,23,24). The monoisotopic (exact) mass is 348 g/mol. The van der Waals surface area contributed by atoms with Crippen molar-refractivity contribution in [1.29, 1.82) is 0 Å². The number of rotatable bonds is 5. The maximum absolute atomic E-state index is 13.6. The van der Waals surface area contributed by atoms with Crippen molar-refractivity contribution in [3.05, 3.63) is 71.8 Å². The average Bonchev–Trinajstić information content (AvgIpc) is 3.14. The highest BCUT2D eigenvalue weighted by atomic mass is 19.2. The maximum Gasteiger partial charge on any atom is 0.275 e. The number of amides is 1. The van der Waals surface area contributed by atoms with Gasteiger partial charge in [0.2, 0.25) is 0 Å². The van der Waals surface area contributed by atoms with E-state index in [2.05, 4.69) is 20.6 Å². The molecule has 2 aromatic heterocycles. The fourth-order valence-corrected chi connectivity index (χ4v) is 1.94. The molecule has 0 saturated carbocycles. The molecule has 0 unspecified atom stereocenters. The second-order valence-electron chi connectivity index (χ2n) is 4.90. The number of benzene rings is 1. The maximum atomic E-state index is 13.6. The number of halogens is 3. The lowest BCUT2D eigenvalue weighted by atomic mass is 10.2. The highest BCUT2D eigenvalue weighted by molar-refractivity contribution is 6.02. The van der Waals surface area contributed by atoms with Gasteiger partial charge in [-0.25, -0.2) is 23.1 Å². The molecule has 0 aliphatic heterocycles. The fraction of sp³-hybridized carbons (Fsp3) is 0.0625. The number of nitrogens with one attached hydrogen (secondary N) is 2. The molecule has 0 spiro atoms. The van der Waals surface area contributed by atoms with E-state index < -0.39 is 29.0 Å². The molecule has 0 saturated heterocycles. The van der Waals surface area contributed by atoms with E-state index in [1.165, 1.54) is 12.5 Å². The summed E-state index contributed by atoms with van der Waals surface area (Å²) in [7, 11) is 0. The molecule has 3 rings (SSSR count). The van der Waals surface area contributed by atoms with Crippen LogP contribution in [-0.2, 0) is 6.54 Å². The molecule has 25 heavy (non-hydrogen) atoms. The van der Waals surface area contributed by atoms with Crippen LogP contribution in [0.15, 0.2) is 47.3 Å². The number of hydrogen-bond acceptors (Lipinski definition) is 5. The summed E-state index contributed by atoms with van der Waals surface area (Å²) in [5, 5.41) is 5.05. The number of hydrogen-bond donors (Lipinski definition) is 2. The van der Waals surface area contributed by atoms with Gasteiger partial charge in [-0.2, -0.15) is 0 Å². The van der Waals surface area contributed by atoms with Gasteiger partial charge in [-0.3, -0.25) is 4.79 Å². The lowest BCUT2D eigenvalue weighted by molar-refractivity contribution is 0.102. The van der Waals surface area contributed by atoms with Crippen LogP contribution in [-0.4, -0.2) is 15.9 Å². The second kappa shape index (κ2) is 7.04. The topological polar surface area (TPSA) is 80.0 Å². The number of nitrogens with zero attached hydrogens (tertiary/aromatic N) is 2. The first-order valence-electron chi connectivity index (χ1n) is 7.07. The van der Waals surface area contributed by atoms with E-state index in [-0.39, 0.29) is 5.69 Å². The van der Waals surface area contributed by atoms with Crippen molar-refractivity contribution < 1.29 is 22.4 Å². The second-order valence-corrected chi connectivity index (χ2v) is 4.90. The van der Waals surface area contributed by atoms with Crippen LogP contribution in [0.3, 0.4) is 0 Å². The Hall–Kier alpha value is -3.36. The van der Waals surface area contributed by atoms with Crippen molar-refractivity contribution in [3.8, 4) is 0 Å². The zero-order valence-electron chi connectivity index (χ0n) is 12.6. The van der Waals surface area contributed by atoms with Gasteiger partial charge in [-0.15, -0.1) is 0 Å². The summed E-state index contributed by atoms with van der Waals surface area (Å²) in [6.45, 7) is 0.382. The molecule has 128 valence electrons. The summed E-state index contributed by atoms with van der Waals surface area (Å²) >= 11 is 0. The molecule has 3 aromatic rings. The summed E-state index contributed by atoms with van der Waals surface area (Å²) in [5.41, 5.74) is -0.613. The van der Waals surface area contributed by atoms with Crippen LogP contribution in [0.2, 0.25) is 0 Å². The Morgan fingerprint density at radius 3 is 2.60 bits per heavy atom. The van der Waals surface area contributed by atoms with Crippen molar-refractivity contribution in [1.82, 2.24) is 9.97 Å². The van der Waals surface area contributed by atoms with Crippen LogP contribution in [0.1, 0.15) is 16.2 Å². The van der Waals surface area contributed by atoms with Crippen molar-refractivity contribution in [2.45, 2.75) is 6.54 Å². The molecule has 6 nitrogen and oxygen atoms in total. The summed E-state index contributed by atoms with van der Waals surface area (Å²) in [4.78, 5) is 19.9. The smallest absolute Gasteiger partial charge is 0.275 e. The van der Waals surface area contributed by atoms with Gasteiger partial charge in [-0.1, -0.05) is 0 Å². The Morgan fingerprint density at radius 1 is 1.08 bits per heavy atom. The van der Waals surface area contributed by atoms with Crippen LogP contribution in [0.4, 0.5) is 24.7 Å². The van der Waals surface area contributed by atoms with Gasteiger partial charge in [0.05, 0.1) is 30.9 Å². The predicted octanol–water partition coefficient (Wildman–Crippen LogP) is 3.35. The van der Waals surface area contributed by atoms with Crippen LogP contribution in [0, 0.1) is 17.5 Å². The minimum atomic E-state index is -1.67. The third kappa shape index (κ3) is 3.77. The Morgan fingerprint density at radius 2 is 1.92 bits per heavy atom. The zero-order valence-corrected chi connectivity index (χ0v) is 12.6. The molecule has 2 heterocycles. The van der Waals surface area contributed by atoms with E-state index in [0.717, 1.165) is 12.3 Å². The minimum absolute atomic E-state index is 0.118. The number of aromatic nitrogens is 2. The van der Waals surface area contributed by atoms with Crippen LogP contribution < -0.4 is 10.6 Å². The molecule has 0 fully saturated rings. The quantitative estimate of drug-likeness (QED) is 0.691. The third-order valence-corrected chi connectivity index (χ3v) is 3.19. The van der Waals surface area contributed by atoms with E-state index in [0.29, 0.717) is 24.2 Å². The summed E-state index contributed by atoms with van der Waals surface area (Å²) < 4.78 is 44.7. The van der Waals surface area contributed by atoms with E-state index in [9.17, 15) is 18.0 Å². The van der Waals surface area contributed by atoms with Crippen LogP contribution >= 0.6 is 0 Å². The largest absolute Gasteiger partial charge is 0.467 e. The normalized spacial score (nSPS) is 10.5. The van der Waals surface area contributed by atoms with Gasteiger partial charge in [0.15, 0.2) is 17.5 Å². The third-order valence-electron chi connectivity index (χ3n) is 3.19. The molecular formula is C16H11F3N4O2. The lowest BCUT2D eigenvalue weighted by Gasteiger charge is -2.07. The minimum Gasteiger partial charge on any atom is -0.467 e. The number of anilines is 2. The fourth-order valence-electron chi connectivity index (χ4n) is 1.94. The van der Waals surface area contributed by atoms with E-state index in [1.807, 2.05) is 0 Å². The molecule has 1 aromatic carbocycles. The molecule has 0 aliphatic rings.